The molecule has 4 nitrogen and oxygen atoms in total. The molecule has 0 spiro atoms. The largest absolute Gasteiger partial charge is 0.352 e. The number of amides is 1. The predicted octanol–water partition coefficient (Wildman–Crippen LogP) is 1.91. The predicted molar refractivity (Wildman–Crippen MR) is 78.6 cm³/mol. The summed E-state index contributed by atoms with van der Waals surface area (Å²) in [7, 11) is 0. The first-order valence-electron chi connectivity index (χ1n) is 7.28. The molecule has 2 N–H and O–H groups in total. The Morgan fingerprint density at radius 1 is 1.25 bits per heavy atom. The lowest BCUT2D eigenvalue weighted by molar-refractivity contribution is -0.122. The quantitative estimate of drug-likeness (QED) is 0.806. The lowest BCUT2D eigenvalue weighted by Gasteiger charge is -2.30. The summed E-state index contributed by atoms with van der Waals surface area (Å²) in [6, 6.07) is 9.60. The van der Waals surface area contributed by atoms with Crippen LogP contribution in [0.4, 0.5) is 0 Å². The Balaban J connectivity index is 1.76. The molecule has 0 saturated carbocycles. The zero-order valence-electron chi connectivity index (χ0n) is 11.9. The lowest BCUT2D eigenvalue weighted by Crippen LogP contribution is -2.51. The van der Waals surface area contributed by atoms with E-state index in [-0.39, 0.29) is 30.6 Å². The second-order valence-electron chi connectivity index (χ2n) is 5.35. The average Bonchev–Trinajstić information content (AvgIpc) is 2.48. The molecule has 1 heterocycles. The van der Waals surface area contributed by atoms with Crippen LogP contribution in [0.2, 0.25) is 0 Å². The Labute approximate surface area is 119 Å². The highest BCUT2D eigenvalue weighted by Gasteiger charge is 2.22. The molecular formula is C16H22N2O2. The molecular weight excluding hydrogens is 252 g/mol. The molecule has 0 aliphatic carbocycles. The Morgan fingerprint density at radius 2 is 2.00 bits per heavy atom. The van der Waals surface area contributed by atoms with Gasteiger partial charge in [-0.05, 0) is 26.3 Å². The molecule has 1 amide bonds. The van der Waals surface area contributed by atoms with Gasteiger partial charge in [-0.25, -0.2) is 0 Å². The van der Waals surface area contributed by atoms with Gasteiger partial charge in [-0.3, -0.25) is 9.59 Å². The summed E-state index contributed by atoms with van der Waals surface area (Å²) in [5, 5.41) is 6.37. The molecule has 1 saturated heterocycles. The van der Waals surface area contributed by atoms with Gasteiger partial charge in [0.25, 0.3) is 0 Å². The average molecular weight is 274 g/mol. The van der Waals surface area contributed by atoms with Gasteiger partial charge in [-0.1, -0.05) is 30.3 Å². The second kappa shape index (κ2) is 7.20. The molecule has 4 heteroatoms. The molecule has 0 radical (unpaired) electrons. The van der Waals surface area contributed by atoms with E-state index in [4.69, 9.17) is 0 Å². The van der Waals surface area contributed by atoms with Crippen LogP contribution >= 0.6 is 0 Å². The Morgan fingerprint density at radius 3 is 2.70 bits per heavy atom. The van der Waals surface area contributed by atoms with E-state index in [1.807, 2.05) is 18.2 Å². The molecule has 2 rings (SSSR count). The molecule has 1 aliphatic rings. The van der Waals surface area contributed by atoms with Gasteiger partial charge >= 0.3 is 0 Å². The van der Waals surface area contributed by atoms with Gasteiger partial charge in [0, 0.05) is 30.5 Å². The van der Waals surface area contributed by atoms with Crippen molar-refractivity contribution in [2.24, 2.45) is 0 Å². The van der Waals surface area contributed by atoms with Crippen molar-refractivity contribution in [1.29, 1.82) is 0 Å². The van der Waals surface area contributed by atoms with Crippen molar-refractivity contribution in [3.8, 4) is 0 Å². The maximum Gasteiger partial charge on any atom is 0.220 e. The smallest absolute Gasteiger partial charge is 0.220 e. The minimum Gasteiger partial charge on any atom is -0.352 e. The van der Waals surface area contributed by atoms with Gasteiger partial charge in [0.2, 0.25) is 5.91 Å². The van der Waals surface area contributed by atoms with Gasteiger partial charge in [-0.15, -0.1) is 0 Å². The van der Waals surface area contributed by atoms with E-state index in [2.05, 4.69) is 17.6 Å². The molecule has 0 aromatic heterocycles. The first-order chi connectivity index (χ1) is 9.66. The normalized spacial score (nSPS) is 22.2. The molecule has 0 bridgehead atoms. The van der Waals surface area contributed by atoms with Crippen molar-refractivity contribution in [2.75, 3.05) is 6.54 Å². The van der Waals surface area contributed by atoms with Crippen LogP contribution < -0.4 is 10.6 Å². The number of benzene rings is 1. The number of hydrogen-bond donors (Lipinski definition) is 2. The van der Waals surface area contributed by atoms with Crippen LogP contribution in [0.3, 0.4) is 0 Å². The van der Waals surface area contributed by atoms with Crippen LogP contribution in [0, 0.1) is 0 Å². The maximum absolute atomic E-state index is 11.9. The summed E-state index contributed by atoms with van der Waals surface area (Å²) >= 11 is 0. The van der Waals surface area contributed by atoms with E-state index in [1.54, 1.807) is 12.1 Å². The summed E-state index contributed by atoms with van der Waals surface area (Å²) in [6.45, 7) is 3.10. The fourth-order valence-electron chi connectivity index (χ4n) is 2.52. The monoisotopic (exact) mass is 274 g/mol. The number of hydrogen-bond acceptors (Lipinski definition) is 3. The van der Waals surface area contributed by atoms with E-state index in [1.165, 1.54) is 0 Å². The molecule has 20 heavy (non-hydrogen) atoms. The zero-order chi connectivity index (χ0) is 14.4. The number of piperidine rings is 1. The van der Waals surface area contributed by atoms with E-state index in [9.17, 15) is 9.59 Å². The number of Topliss-reactive ketones (excluding diaryl/α,β-unsaturated/α-hetero) is 1. The SMILES string of the molecule is CC1NCCCC1NC(=O)CCC(=O)c1ccccc1. The number of ketones is 1. The molecule has 1 aliphatic heterocycles. The zero-order valence-corrected chi connectivity index (χ0v) is 11.9. The van der Waals surface area contributed by atoms with E-state index in [0.717, 1.165) is 19.4 Å². The highest BCUT2D eigenvalue weighted by molar-refractivity contribution is 5.97. The molecule has 1 aromatic carbocycles. The van der Waals surface area contributed by atoms with Gasteiger partial charge < -0.3 is 10.6 Å². The van der Waals surface area contributed by atoms with Crippen molar-refractivity contribution in [3.05, 3.63) is 35.9 Å². The van der Waals surface area contributed by atoms with Crippen molar-refractivity contribution in [2.45, 2.75) is 44.7 Å². The highest BCUT2D eigenvalue weighted by atomic mass is 16.2. The second-order valence-corrected chi connectivity index (χ2v) is 5.35. The summed E-state index contributed by atoms with van der Waals surface area (Å²) in [4.78, 5) is 23.8. The summed E-state index contributed by atoms with van der Waals surface area (Å²) in [6.07, 6.45) is 2.62. The molecule has 1 aromatic rings. The van der Waals surface area contributed by atoms with Crippen molar-refractivity contribution >= 4 is 11.7 Å². The van der Waals surface area contributed by atoms with Gasteiger partial charge in [0.15, 0.2) is 5.78 Å². The van der Waals surface area contributed by atoms with Crippen molar-refractivity contribution in [3.63, 3.8) is 0 Å². The van der Waals surface area contributed by atoms with Crippen LogP contribution in [0.1, 0.15) is 43.0 Å². The maximum atomic E-state index is 11.9. The fraction of sp³-hybridized carbons (Fsp3) is 0.500. The van der Waals surface area contributed by atoms with Crippen LogP contribution in [0.5, 0.6) is 0 Å². The summed E-state index contributed by atoms with van der Waals surface area (Å²) in [5.41, 5.74) is 0.674. The van der Waals surface area contributed by atoms with Gasteiger partial charge in [0.1, 0.15) is 0 Å². The van der Waals surface area contributed by atoms with Crippen LogP contribution in [-0.2, 0) is 4.79 Å². The lowest BCUT2D eigenvalue weighted by atomic mass is 9.99. The third-order valence-electron chi connectivity index (χ3n) is 3.78. The number of carbonyl (C=O) groups is 2. The highest BCUT2D eigenvalue weighted by Crippen LogP contribution is 2.09. The summed E-state index contributed by atoms with van der Waals surface area (Å²) < 4.78 is 0. The third-order valence-corrected chi connectivity index (χ3v) is 3.78. The van der Waals surface area contributed by atoms with Crippen molar-refractivity contribution in [1.82, 2.24) is 10.6 Å². The first-order valence-corrected chi connectivity index (χ1v) is 7.28. The van der Waals surface area contributed by atoms with Gasteiger partial charge in [-0.2, -0.15) is 0 Å². The number of nitrogens with one attached hydrogen (secondary N) is 2. The molecule has 1 fully saturated rings. The minimum atomic E-state index is -0.0326. The van der Waals surface area contributed by atoms with Gasteiger partial charge in [0.05, 0.1) is 0 Å². The van der Waals surface area contributed by atoms with Crippen LogP contribution in [0.15, 0.2) is 30.3 Å². The number of rotatable bonds is 5. The number of carbonyl (C=O) groups excluding carboxylic acids is 2. The Kier molecular flexibility index (Phi) is 5.30. The van der Waals surface area contributed by atoms with E-state index in [0.29, 0.717) is 11.6 Å². The molecule has 2 atom stereocenters. The molecule has 108 valence electrons. The van der Waals surface area contributed by atoms with E-state index >= 15 is 0 Å². The first kappa shape index (κ1) is 14.7. The van der Waals surface area contributed by atoms with E-state index < -0.39 is 0 Å². The van der Waals surface area contributed by atoms with Crippen molar-refractivity contribution < 1.29 is 9.59 Å². The molecule has 2 unspecified atom stereocenters. The fourth-order valence-corrected chi connectivity index (χ4v) is 2.52. The standard InChI is InChI=1S/C16H22N2O2/c1-12-14(8-5-11-17-12)18-16(20)10-9-15(19)13-6-3-2-4-7-13/h2-4,6-7,12,14,17H,5,8-11H2,1H3,(H,18,20). The topological polar surface area (TPSA) is 58.2 Å². The summed E-state index contributed by atoms with van der Waals surface area (Å²) in [5.74, 6) is -0.00889. The minimum absolute atomic E-state index is 0.0237. The van der Waals surface area contributed by atoms with Crippen LogP contribution in [0.25, 0.3) is 0 Å². The Hall–Kier alpha value is -1.68. The van der Waals surface area contributed by atoms with Crippen LogP contribution in [-0.4, -0.2) is 30.3 Å². The Bertz CT molecular complexity index is 459. The third kappa shape index (κ3) is 4.17.